The average molecular weight is 541 g/mol. The highest BCUT2D eigenvalue weighted by Crippen LogP contribution is 2.41. The molecule has 1 saturated carbocycles. The molecule has 0 unspecified atom stereocenters. The number of ether oxygens (including phenoxy) is 2. The lowest BCUT2D eigenvalue weighted by Crippen LogP contribution is -2.37. The molecule has 0 spiro atoms. The van der Waals surface area contributed by atoms with E-state index in [0.717, 1.165) is 5.56 Å². The zero-order chi connectivity index (χ0) is 27.8. The molecule has 1 aliphatic carbocycles. The van der Waals surface area contributed by atoms with Crippen molar-refractivity contribution in [2.45, 2.75) is 63.7 Å². The Balaban J connectivity index is 1.41. The standard InChI is InChI=1S/C28H33F5N2O3/c29-27(30,31)14-1-2-19-3-8-22(9-4-19)28(32,33)38-25-10-5-20(6-11-25)7-12-26(36)37-15-13-21-16-23(34)18-24(35)17-21/h5-7,10-12,16-19,22H,1-4,8-9,13-15,34-35H2/b12-7+. The molecule has 5 nitrogen and oxygen atoms in total. The van der Waals surface area contributed by atoms with Crippen LogP contribution in [0.5, 0.6) is 5.75 Å². The van der Waals surface area contributed by atoms with Crippen LogP contribution in [0.4, 0.5) is 33.3 Å². The molecule has 0 aliphatic heterocycles. The second-order valence-corrected chi connectivity index (χ2v) is 9.72. The van der Waals surface area contributed by atoms with Crippen molar-refractivity contribution < 1.29 is 36.2 Å². The smallest absolute Gasteiger partial charge is 0.400 e. The normalized spacial score (nSPS) is 18.4. The number of nitrogen functional groups attached to an aromatic ring is 2. The van der Waals surface area contributed by atoms with Gasteiger partial charge in [-0.15, -0.1) is 0 Å². The molecule has 0 bridgehead atoms. The molecule has 1 fully saturated rings. The minimum atomic E-state index is -4.18. The van der Waals surface area contributed by atoms with Gasteiger partial charge >= 0.3 is 18.3 Å². The van der Waals surface area contributed by atoms with E-state index in [1.165, 1.54) is 24.3 Å². The highest BCUT2D eigenvalue weighted by molar-refractivity contribution is 5.87. The number of halogens is 5. The summed E-state index contributed by atoms with van der Waals surface area (Å²) in [5.41, 5.74) is 14.0. The maximum absolute atomic E-state index is 14.7. The molecule has 0 heterocycles. The zero-order valence-corrected chi connectivity index (χ0v) is 21.0. The van der Waals surface area contributed by atoms with Gasteiger partial charge in [0.1, 0.15) is 5.75 Å². The minimum absolute atomic E-state index is 0.0107. The van der Waals surface area contributed by atoms with E-state index in [1.807, 2.05) is 0 Å². The Morgan fingerprint density at radius 3 is 2.18 bits per heavy atom. The Labute approximate surface area is 219 Å². The zero-order valence-electron chi connectivity index (χ0n) is 21.0. The van der Waals surface area contributed by atoms with Crippen LogP contribution in [0, 0.1) is 11.8 Å². The van der Waals surface area contributed by atoms with Gasteiger partial charge in [0.2, 0.25) is 0 Å². The van der Waals surface area contributed by atoms with Gasteiger partial charge in [0.15, 0.2) is 0 Å². The van der Waals surface area contributed by atoms with E-state index < -0.39 is 30.6 Å². The van der Waals surface area contributed by atoms with Gasteiger partial charge in [-0.1, -0.05) is 18.6 Å². The van der Waals surface area contributed by atoms with Crippen molar-refractivity contribution in [2.75, 3.05) is 18.1 Å². The number of hydrogen-bond acceptors (Lipinski definition) is 5. The quantitative estimate of drug-likeness (QED) is 0.137. The predicted octanol–water partition coefficient (Wildman–Crippen LogP) is 7.16. The van der Waals surface area contributed by atoms with Crippen LogP contribution in [0.3, 0.4) is 0 Å². The van der Waals surface area contributed by atoms with E-state index in [9.17, 15) is 26.7 Å². The Morgan fingerprint density at radius 1 is 0.947 bits per heavy atom. The van der Waals surface area contributed by atoms with Gasteiger partial charge in [0.05, 0.1) is 12.5 Å². The van der Waals surface area contributed by atoms with Crippen LogP contribution in [0.1, 0.15) is 56.1 Å². The van der Waals surface area contributed by atoms with Gasteiger partial charge < -0.3 is 20.9 Å². The summed E-state index contributed by atoms with van der Waals surface area (Å²) in [5.74, 6) is -1.51. The third-order valence-corrected chi connectivity index (χ3v) is 6.61. The molecule has 208 valence electrons. The van der Waals surface area contributed by atoms with Gasteiger partial charge in [0, 0.05) is 30.3 Å². The number of benzene rings is 2. The predicted molar refractivity (Wildman–Crippen MR) is 136 cm³/mol. The number of alkyl halides is 5. The Kier molecular flexibility index (Phi) is 9.99. The fourth-order valence-corrected chi connectivity index (χ4v) is 4.64. The molecule has 10 heteroatoms. The maximum Gasteiger partial charge on any atom is 0.400 e. The van der Waals surface area contributed by atoms with Gasteiger partial charge in [-0.25, -0.2) is 4.79 Å². The van der Waals surface area contributed by atoms with Gasteiger partial charge in [-0.05, 0) is 85.6 Å². The second kappa shape index (κ2) is 13.0. The van der Waals surface area contributed by atoms with Crippen molar-refractivity contribution in [3.63, 3.8) is 0 Å². The van der Waals surface area contributed by atoms with Crippen LogP contribution in [-0.2, 0) is 16.0 Å². The molecule has 38 heavy (non-hydrogen) atoms. The summed E-state index contributed by atoms with van der Waals surface area (Å²) >= 11 is 0. The Morgan fingerprint density at radius 2 is 1.58 bits per heavy atom. The molecule has 2 aromatic rings. The van der Waals surface area contributed by atoms with E-state index in [4.69, 9.17) is 20.9 Å². The van der Waals surface area contributed by atoms with Crippen LogP contribution in [0.15, 0.2) is 48.5 Å². The third kappa shape index (κ3) is 9.87. The fourth-order valence-electron chi connectivity index (χ4n) is 4.64. The molecule has 0 saturated heterocycles. The Hall–Kier alpha value is -3.30. The van der Waals surface area contributed by atoms with Gasteiger partial charge in [-0.2, -0.15) is 22.0 Å². The lowest BCUT2D eigenvalue weighted by Gasteiger charge is -2.33. The van der Waals surface area contributed by atoms with Crippen molar-refractivity contribution in [3.8, 4) is 5.75 Å². The molecule has 3 rings (SSSR count). The summed E-state index contributed by atoms with van der Waals surface area (Å²) in [6.07, 6.45) is -3.42. The van der Waals surface area contributed by atoms with E-state index in [-0.39, 0.29) is 37.5 Å². The monoisotopic (exact) mass is 540 g/mol. The number of nitrogens with two attached hydrogens (primary N) is 2. The first-order valence-corrected chi connectivity index (χ1v) is 12.6. The number of esters is 1. The highest BCUT2D eigenvalue weighted by atomic mass is 19.4. The molecule has 0 amide bonds. The molecule has 0 atom stereocenters. The Bertz CT molecular complexity index is 1060. The summed E-state index contributed by atoms with van der Waals surface area (Å²) in [6.45, 7) is 0.142. The average Bonchev–Trinajstić information content (AvgIpc) is 2.82. The minimum Gasteiger partial charge on any atom is -0.462 e. The number of hydrogen-bond donors (Lipinski definition) is 2. The SMILES string of the molecule is Nc1cc(N)cc(CCOC(=O)/C=C/c2ccc(OC(F)(F)C3CCC(CCCC(F)(F)F)CC3)cc2)c1. The summed E-state index contributed by atoms with van der Waals surface area (Å²) in [4.78, 5) is 12.0. The van der Waals surface area contributed by atoms with Crippen LogP contribution in [-0.4, -0.2) is 24.9 Å². The van der Waals surface area contributed by atoms with Crippen LogP contribution in [0.2, 0.25) is 0 Å². The molecule has 0 aromatic heterocycles. The number of carbonyl (C=O) groups excluding carboxylic acids is 1. The first-order valence-electron chi connectivity index (χ1n) is 12.6. The van der Waals surface area contributed by atoms with E-state index >= 15 is 0 Å². The molecule has 2 aromatic carbocycles. The summed E-state index contributed by atoms with van der Waals surface area (Å²) in [7, 11) is 0. The fraction of sp³-hybridized carbons (Fsp3) is 0.464. The van der Waals surface area contributed by atoms with Crippen molar-refractivity contribution in [1.29, 1.82) is 0 Å². The summed E-state index contributed by atoms with van der Waals surface area (Å²) in [5, 5.41) is 0. The summed E-state index contributed by atoms with van der Waals surface area (Å²) in [6, 6.07) is 11.0. The molecule has 4 N–H and O–H groups in total. The molecule has 1 aliphatic rings. The first-order chi connectivity index (χ1) is 17.9. The van der Waals surface area contributed by atoms with Crippen LogP contribution in [0.25, 0.3) is 6.08 Å². The van der Waals surface area contributed by atoms with E-state index in [0.29, 0.717) is 42.6 Å². The van der Waals surface area contributed by atoms with Crippen molar-refractivity contribution in [3.05, 3.63) is 59.7 Å². The van der Waals surface area contributed by atoms with Crippen molar-refractivity contribution in [1.82, 2.24) is 0 Å². The van der Waals surface area contributed by atoms with Crippen molar-refractivity contribution in [2.24, 2.45) is 11.8 Å². The third-order valence-electron chi connectivity index (χ3n) is 6.61. The number of anilines is 2. The lowest BCUT2D eigenvalue weighted by molar-refractivity contribution is -0.223. The second-order valence-electron chi connectivity index (χ2n) is 9.72. The number of rotatable bonds is 11. The van der Waals surface area contributed by atoms with E-state index in [2.05, 4.69) is 0 Å². The van der Waals surface area contributed by atoms with Gasteiger partial charge in [-0.3, -0.25) is 0 Å². The highest BCUT2D eigenvalue weighted by Gasteiger charge is 2.44. The van der Waals surface area contributed by atoms with Crippen LogP contribution < -0.4 is 16.2 Å². The molecular formula is C28H33F5N2O3. The van der Waals surface area contributed by atoms with E-state index in [1.54, 1.807) is 30.3 Å². The lowest BCUT2D eigenvalue weighted by atomic mass is 9.79. The molecule has 0 radical (unpaired) electrons. The summed E-state index contributed by atoms with van der Waals surface area (Å²) < 4.78 is 76.5. The topological polar surface area (TPSA) is 87.6 Å². The first kappa shape index (κ1) is 29.3. The number of carbonyl (C=O) groups is 1. The largest absolute Gasteiger partial charge is 0.462 e. The maximum atomic E-state index is 14.7. The van der Waals surface area contributed by atoms with Crippen LogP contribution >= 0.6 is 0 Å². The van der Waals surface area contributed by atoms with Crippen molar-refractivity contribution >= 4 is 23.4 Å². The van der Waals surface area contributed by atoms with Gasteiger partial charge in [0.25, 0.3) is 0 Å². The molecular weight excluding hydrogens is 507 g/mol.